The van der Waals surface area contributed by atoms with E-state index < -0.39 is 0 Å². The highest BCUT2D eigenvalue weighted by atomic mass is 127. The molecule has 0 aromatic heterocycles. The van der Waals surface area contributed by atoms with Crippen LogP contribution in [0, 0.1) is 14.9 Å². The van der Waals surface area contributed by atoms with Crippen LogP contribution >= 0.6 is 54.5 Å². The first-order valence-corrected chi connectivity index (χ1v) is 8.72. The minimum absolute atomic E-state index is 0.312. The first-order chi connectivity index (χ1) is 7.54. The first-order valence-electron chi connectivity index (χ1n) is 5.40. The standard InChI is InChI=1S/C13H17Br2I/c1-10(2)13(8-14,9-15)7-11-3-5-12(16)6-4-11/h3-6,10H,7-9H2,1-2H3. The van der Waals surface area contributed by atoms with Crippen LogP contribution in [0.3, 0.4) is 0 Å². The van der Waals surface area contributed by atoms with Gasteiger partial charge in [0, 0.05) is 14.2 Å². The number of hydrogen-bond donors (Lipinski definition) is 0. The van der Waals surface area contributed by atoms with Crippen LogP contribution in [0.4, 0.5) is 0 Å². The fourth-order valence-electron chi connectivity index (χ4n) is 1.65. The Morgan fingerprint density at radius 2 is 1.62 bits per heavy atom. The molecule has 0 bridgehead atoms. The molecule has 0 aliphatic rings. The van der Waals surface area contributed by atoms with Crippen molar-refractivity contribution in [2.75, 3.05) is 10.7 Å². The second-order valence-electron chi connectivity index (χ2n) is 4.59. The summed E-state index contributed by atoms with van der Waals surface area (Å²) in [7, 11) is 0. The van der Waals surface area contributed by atoms with Crippen LogP contribution in [0.2, 0.25) is 0 Å². The van der Waals surface area contributed by atoms with E-state index in [1.165, 1.54) is 9.13 Å². The summed E-state index contributed by atoms with van der Waals surface area (Å²) in [5.41, 5.74) is 1.74. The lowest BCUT2D eigenvalue weighted by atomic mass is 9.76. The van der Waals surface area contributed by atoms with Gasteiger partial charge in [-0.3, -0.25) is 0 Å². The maximum absolute atomic E-state index is 3.67. The molecule has 16 heavy (non-hydrogen) atoms. The van der Waals surface area contributed by atoms with Gasteiger partial charge in [-0.2, -0.15) is 0 Å². The van der Waals surface area contributed by atoms with Gasteiger partial charge in [0.25, 0.3) is 0 Å². The van der Waals surface area contributed by atoms with Crippen molar-refractivity contribution in [1.82, 2.24) is 0 Å². The summed E-state index contributed by atoms with van der Waals surface area (Å²) in [6.45, 7) is 4.60. The Labute approximate surface area is 129 Å². The third-order valence-electron chi connectivity index (χ3n) is 3.23. The van der Waals surface area contributed by atoms with E-state index in [2.05, 4.69) is 92.6 Å². The molecule has 3 heteroatoms. The molecule has 0 saturated heterocycles. The van der Waals surface area contributed by atoms with Crippen LogP contribution in [-0.2, 0) is 6.42 Å². The zero-order chi connectivity index (χ0) is 12.2. The third-order valence-corrected chi connectivity index (χ3v) is 6.18. The lowest BCUT2D eigenvalue weighted by Crippen LogP contribution is -2.33. The minimum atomic E-state index is 0.312. The largest absolute Gasteiger partial charge is 0.0921 e. The molecule has 0 heterocycles. The zero-order valence-corrected chi connectivity index (χ0v) is 15.0. The monoisotopic (exact) mass is 458 g/mol. The Morgan fingerprint density at radius 3 is 2.00 bits per heavy atom. The van der Waals surface area contributed by atoms with E-state index in [1.807, 2.05) is 0 Å². The summed E-state index contributed by atoms with van der Waals surface area (Å²) in [4.78, 5) is 0. The van der Waals surface area contributed by atoms with Crippen molar-refractivity contribution in [3.63, 3.8) is 0 Å². The predicted octanol–water partition coefficient (Wildman–Crippen LogP) is 5.27. The molecule has 0 unspecified atom stereocenters. The van der Waals surface area contributed by atoms with Gasteiger partial charge in [-0.1, -0.05) is 57.8 Å². The van der Waals surface area contributed by atoms with E-state index >= 15 is 0 Å². The lowest BCUT2D eigenvalue weighted by molar-refractivity contribution is 0.268. The van der Waals surface area contributed by atoms with Gasteiger partial charge >= 0.3 is 0 Å². The molecule has 0 saturated carbocycles. The molecular weight excluding hydrogens is 443 g/mol. The van der Waals surface area contributed by atoms with Crippen LogP contribution in [0.25, 0.3) is 0 Å². The summed E-state index contributed by atoms with van der Waals surface area (Å²) in [5, 5.41) is 2.07. The Morgan fingerprint density at radius 1 is 1.12 bits per heavy atom. The topological polar surface area (TPSA) is 0 Å². The van der Waals surface area contributed by atoms with E-state index in [-0.39, 0.29) is 0 Å². The van der Waals surface area contributed by atoms with Crippen molar-refractivity contribution in [3.8, 4) is 0 Å². The number of halogens is 3. The van der Waals surface area contributed by atoms with Crippen molar-refractivity contribution in [1.29, 1.82) is 0 Å². The van der Waals surface area contributed by atoms with Crippen molar-refractivity contribution in [2.24, 2.45) is 11.3 Å². The Kier molecular flexibility index (Phi) is 6.30. The summed E-state index contributed by atoms with van der Waals surface area (Å²) in [6, 6.07) is 8.85. The summed E-state index contributed by atoms with van der Waals surface area (Å²) in [5.74, 6) is 0.658. The molecule has 90 valence electrons. The second kappa shape index (κ2) is 6.74. The second-order valence-corrected chi connectivity index (χ2v) is 6.95. The molecule has 0 nitrogen and oxygen atoms in total. The first kappa shape index (κ1) is 15.0. The maximum atomic E-state index is 3.67. The van der Waals surface area contributed by atoms with Gasteiger partial charge in [0.05, 0.1) is 0 Å². The molecule has 1 aromatic carbocycles. The van der Waals surface area contributed by atoms with Gasteiger partial charge < -0.3 is 0 Å². The summed E-state index contributed by atoms with van der Waals surface area (Å²) < 4.78 is 1.30. The van der Waals surface area contributed by atoms with E-state index in [9.17, 15) is 0 Å². The van der Waals surface area contributed by atoms with Crippen LogP contribution < -0.4 is 0 Å². The van der Waals surface area contributed by atoms with E-state index in [0.717, 1.165) is 17.1 Å². The van der Waals surface area contributed by atoms with Gasteiger partial charge in [0.1, 0.15) is 0 Å². The molecule has 0 amide bonds. The lowest BCUT2D eigenvalue weighted by Gasteiger charge is -2.34. The average molecular weight is 460 g/mol. The van der Waals surface area contributed by atoms with Crippen LogP contribution in [0.5, 0.6) is 0 Å². The molecule has 0 radical (unpaired) electrons. The van der Waals surface area contributed by atoms with E-state index in [1.54, 1.807) is 0 Å². The molecular formula is C13H17Br2I. The normalized spacial score (nSPS) is 12.1. The number of rotatable bonds is 5. The molecule has 1 rings (SSSR count). The van der Waals surface area contributed by atoms with Crippen molar-refractivity contribution >= 4 is 54.5 Å². The highest BCUT2D eigenvalue weighted by Crippen LogP contribution is 2.35. The van der Waals surface area contributed by atoms with Crippen molar-refractivity contribution < 1.29 is 0 Å². The predicted molar refractivity (Wildman–Crippen MR) is 87.7 cm³/mol. The van der Waals surface area contributed by atoms with Gasteiger partial charge in [0.15, 0.2) is 0 Å². The van der Waals surface area contributed by atoms with Crippen LogP contribution in [-0.4, -0.2) is 10.7 Å². The Hall–Kier alpha value is 0.910. The molecule has 0 spiro atoms. The fourth-order valence-corrected chi connectivity index (χ4v) is 4.63. The molecule has 0 N–H and O–H groups in total. The van der Waals surface area contributed by atoms with Gasteiger partial charge in [-0.15, -0.1) is 0 Å². The Bertz CT molecular complexity index is 315. The number of hydrogen-bond acceptors (Lipinski definition) is 0. The highest BCUT2D eigenvalue weighted by molar-refractivity contribution is 14.1. The van der Waals surface area contributed by atoms with Crippen LogP contribution in [0.1, 0.15) is 19.4 Å². The molecule has 0 aliphatic carbocycles. The van der Waals surface area contributed by atoms with Gasteiger partial charge in [-0.05, 0) is 58.0 Å². The Balaban J connectivity index is 2.87. The SMILES string of the molecule is CC(C)C(CBr)(CBr)Cc1ccc(I)cc1. The molecule has 1 aromatic rings. The highest BCUT2D eigenvalue weighted by Gasteiger charge is 2.31. The molecule has 0 atom stereocenters. The zero-order valence-electron chi connectivity index (χ0n) is 9.64. The third kappa shape index (κ3) is 3.70. The maximum Gasteiger partial charge on any atom is 0.0130 e. The smallest absolute Gasteiger partial charge is 0.0130 e. The van der Waals surface area contributed by atoms with Gasteiger partial charge in [0.2, 0.25) is 0 Å². The minimum Gasteiger partial charge on any atom is -0.0921 e. The summed E-state index contributed by atoms with van der Waals surface area (Å²) >= 11 is 9.70. The van der Waals surface area contributed by atoms with Crippen molar-refractivity contribution in [2.45, 2.75) is 20.3 Å². The average Bonchev–Trinajstić information content (AvgIpc) is 2.28. The number of benzene rings is 1. The van der Waals surface area contributed by atoms with Crippen molar-refractivity contribution in [3.05, 3.63) is 33.4 Å². The number of alkyl halides is 2. The van der Waals surface area contributed by atoms with Crippen LogP contribution in [0.15, 0.2) is 24.3 Å². The molecule has 0 aliphatic heterocycles. The van der Waals surface area contributed by atoms with E-state index in [4.69, 9.17) is 0 Å². The quantitative estimate of drug-likeness (QED) is 0.416. The van der Waals surface area contributed by atoms with E-state index in [0.29, 0.717) is 11.3 Å². The molecule has 0 fully saturated rings. The fraction of sp³-hybridized carbons (Fsp3) is 0.538. The van der Waals surface area contributed by atoms with Gasteiger partial charge in [-0.25, -0.2) is 0 Å². The summed E-state index contributed by atoms with van der Waals surface area (Å²) in [6.07, 6.45) is 1.12.